The molecular weight excluding hydrogens is 316 g/mol. The fourth-order valence-corrected chi connectivity index (χ4v) is 2.32. The van der Waals surface area contributed by atoms with Crippen LogP contribution in [0.1, 0.15) is 5.56 Å². The molecular formula is C19H16N4S. The van der Waals surface area contributed by atoms with Crippen LogP contribution in [0.4, 0.5) is 5.69 Å². The van der Waals surface area contributed by atoms with Crippen molar-refractivity contribution in [3.8, 4) is 11.1 Å². The van der Waals surface area contributed by atoms with Crippen LogP contribution in [0.15, 0.2) is 84.2 Å². The third kappa shape index (κ3) is 4.47. The molecule has 0 amide bonds. The fraction of sp³-hybridized carbons (Fsp3) is 0. The molecule has 0 spiro atoms. The van der Waals surface area contributed by atoms with E-state index in [1.165, 1.54) is 11.1 Å². The van der Waals surface area contributed by atoms with Gasteiger partial charge in [-0.3, -0.25) is 10.4 Å². The molecule has 0 aliphatic rings. The largest absolute Gasteiger partial charge is 0.330 e. The van der Waals surface area contributed by atoms with E-state index in [-0.39, 0.29) is 0 Å². The van der Waals surface area contributed by atoms with E-state index in [0.29, 0.717) is 5.11 Å². The number of hydrazone groups is 1. The average Bonchev–Trinajstić information content (AvgIpc) is 2.64. The van der Waals surface area contributed by atoms with Crippen LogP contribution in [0.25, 0.3) is 11.1 Å². The first-order valence-electron chi connectivity index (χ1n) is 7.47. The molecule has 3 rings (SSSR count). The molecule has 3 aromatic rings. The first-order chi connectivity index (χ1) is 11.8. The topological polar surface area (TPSA) is 49.3 Å². The number of hydrogen-bond acceptors (Lipinski definition) is 3. The van der Waals surface area contributed by atoms with Gasteiger partial charge in [-0.25, -0.2) is 0 Å². The summed E-state index contributed by atoms with van der Waals surface area (Å²) in [6, 6.07) is 22.2. The second-order valence-corrected chi connectivity index (χ2v) is 5.46. The van der Waals surface area contributed by atoms with Gasteiger partial charge in [0.15, 0.2) is 5.11 Å². The number of pyridine rings is 1. The van der Waals surface area contributed by atoms with Gasteiger partial charge in [0, 0.05) is 6.20 Å². The minimum Gasteiger partial charge on any atom is -0.330 e. The van der Waals surface area contributed by atoms with Gasteiger partial charge >= 0.3 is 0 Å². The molecule has 0 fully saturated rings. The Bertz CT molecular complexity index is 815. The van der Waals surface area contributed by atoms with Crippen LogP contribution >= 0.6 is 12.2 Å². The highest BCUT2D eigenvalue weighted by Crippen LogP contribution is 2.18. The van der Waals surface area contributed by atoms with Crippen LogP contribution in [0.3, 0.4) is 0 Å². The minimum absolute atomic E-state index is 0.417. The van der Waals surface area contributed by atoms with Crippen molar-refractivity contribution in [3.63, 3.8) is 0 Å². The smallest absolute Gasteiger partial charge is 0.191 e. The minimum atomic E-state index is 0.417. The maximum atomic E-state index is 5.17. The Kier molecular flexibility index (Phi) is 5.27. The van der Waals surface area contributed by atoms with Crippen molar-refractivity contribution in [1.82, 2.24) is 10.4 Å². The Morgan fingerprint density at radius 1 is 0.917 bits per heavy atom. The maximum absolute atomic E-state index is 5.17. The van der Waals surface area contributed by atoms with Gasteiger partial charge in [0.2, 0.25) is 0 Å². The average molecular weight is 332 g/mol. The van der Waals surface area contributed by atoms with Crippen LogP contribution in [0.2, 0.25) is 0 Å². The van der Waals surface area contributed by atoms with Crippen molar-refractivity contribution in [2.75, 3.05) is 5.32 Å². The molecule has 0 bridgehead atoms. The quantitative estimate of drug-likeness (QED) is 0.429. The first-order valence-corrected chi connectivity index (χ1v) is 7.88. The molecule has 0 aliphatic heterocycles. The third-order valence-electron chi connectivity index (χ3n) is 3.32. The molecule has 24 heavy (non-hydrogen) atoms. The molecule has 0 aliphatic carbocycles. The number of thiocarbonyl (C=S) groups is 1. The standard InChI is InChI=1S/C19H16N4S/c24-19(22-18-7-4-12-20-14-18)23-21-13-15-8-10-17(11-9-15)16-5-2-1-3-6-16/h1-14H,(H2,22,23,24)/b21-13-. The first kappa shape index (κ1) is 15.8. The van der Waals surface area contributed by atoms with Gasteiger partial charge < -0.3 is 5.32 Å². The number of anilines is 1. The number of nitrogens with one attached hydrogen (secondary N) is 2. The summed E-state index contributed by atoms with van der Waals surface area (Å²) >= 11 is 5.17. The van der Waals surface area contributed by atoms with E-state index < -0.39 is 0 Å². The highest BCUT2D eigenvalue weighted by Gasteiger charge is 1.97. The molecule has 0 unspecified atom stereocenters. The molecule has 0 radical (unpaired) electrons. The SMILES string of the molecule is S=C(N/N=C\c1ccc(-c2ccccc2)cc1)Nc1cccnc1. The highest BCUT2D eigenvalue weighted by atomic mass is 32.1. The molecule has 5 heteroatoms. The number of rotatable bonds is 4. The summed E-state index contributed by atoms with van der Waals surface area (Å²) in [5.74, 6) is 0. The van der Waals surface area contributed by atoms with Gasteiger partial charge in [0.25, 0.3) is 0 Å². The van der Waals surface area contributed by atoms with Crippen molar-refractivity contribution >= 4 is 29.2 Å². The molecule has 2 aromatic carbocycles. The lowest BCUT2D eigenvalue weighted by molar-refractivity contribution is 1.05. The lowest BCUT2D eigenvalue weighted by Gasteiger charge is -2.05. The van der Waals surface area contributed by atoms with Crippen LogP contribution in [0.5, 0.6) is 0 Å². The monoisotopic (exact) mass is 332 g/mol. The van der Waals surface area contributed by atoms with Gasteiger partial charge in [-0.15, -0.1) is 0 Å². The summed E-state index contributed by atoms with van der Waals surface area (Å²) in [7, 11) is 0. The summed E-state index contributed by atoms with van der Waals surface area (Å²) < 4.78 is 0. The van der Waals surface area contributed by atoms with Crippen molar-refractivity contribution < 1.29 is 0 Å². The second-order valence-electron chi connectivity index (χ2n) is 5.05. The van der Waals surface area contributed by atoms with E-state index in [0.717, 1.165) is 11.3 Å². The van der Waals surface area contributed by atoms with Gasteiger partial charge in [0.05, 0.1) is 18.1 Å². The van der Waals surface area contributed by atoms with Crippen LogP contribution in [0, 0.1) is 0 Å². The van der Waals surface area contributed by atoms with Crippen molar-refractivity contribution in [2.24, 2.45) is 5.10 Å². The molecule has 1 heterocycles. The zero-order valence-electron chi connectivity index (χ0n) is 12.9. The van der Waals surface area contributed by atoms with E-state index in [9.17, 15) is 0 Å². The van der Waals surface area contributed by atoms with Crippen molar-refractivity contribution in [1.29, 1.82) is 0 Å². The summed E-state index contributed by atoms with van der Waals surface area (Å²) in [6.45, 7) is 0. The molecule has 4 nitrogen and oxygen atoms in total. The van der Waals surface area contributed by atoms with Crippen molar-refractivity contribution in [3.05, 3.63) is 84.7 Å². The lowest BCUT2D eigenvalue weighted by atomic mass is 10.0. The number of nitrogens with zero attached hydrogens (tertiary/aromatic N) is 2. The predicted molar refractivity (Wildman–Crippen MR) is 103 cm³/mol. The zero-order chi connectivity index (χ0) is 16.6. The summed E-state index contributed by atoms with van der Waals surface area (Å²) in [5.41, 5.74) is 6.97. The summed E-state index contributed by atoms with van der Waals surface area (Å²) in [5, 5.41) is 7.56. The fourth-order valence-electron chi connectivity index (χ4n) is 2.15. The zero-order valence-corrected chi connectivity index (χ0v) is 13.7. The van der Waals surface area contributed by atoms with E-state index >= 15 is 0 Å². The molecule has 1 aromatic heterocycles. The van der Waals surface area contributed by atoms with Crippen LogP contribution < -0.4 is 10.7 Å². The van der Waals surface area contributed by atoms with Gasteiger partial charge in [-0.05, 0) is 41.0 Å². The Morgan fingerprint density at radius 2 is 1.67 bits per heavy atom. The third-order valence-corrected chi connectivity index (χ3v) is 3.51. The van der Waals surface area contributed by atoms with E-state index in [1.54, 1.807) is 18.6 Å². The lowest BCUT2D eigenvalue weighted by Crippen LogP contribution is -2.23. The molecule has 118 valence electrons. The maximum Gasteiger partial charge on any atom is 0.191 e. The molecule has 0 saturated heterocycles. The van der Waals surface area contributed by atoms with E-state index in [2.05, 4.69) is 45.1 Å². The summed E-state index contributed by atoms with van der Waals surface area (Å²) in [4.78, 5) is 4.01. The number of aromatic nitrogens is 1. The van der Waals surface area contributed by atoms with Gasteiger partial charge in [0.1, 0.15) is 0 Å². The van der Waals surface area contributed by atoms with E-state index in [1.807, 2.05) is 42.5 Å². The van der Waals surface area contributed by atoms with E-state index in [4.69, 9.17) is 12.2 Å². The predicted octanol–water partition coefficient (Wildman–Crippen LogP) is 4.07. The molecule has 0 saturated carbocycles. The Morgan fingerprint density at radius 3 is 2.38 bits per heavy atom. The van der Waals surface area contributed by atoms with Gasteiger partial charge in [-0.2, -0.15) is 5.10 Å². The van der Waals surface area contributed by atoms with Crippen LogP contribution in [-0.2, 0) is 0 Å². The number of hydrogen-bond donors (Lipinski definition) is 2. The van der Waals surface area contributed by atoms with Gasteiger partial charge in [-0.1, -0.05) is 54.6 Å². The molecule has 0 atom stereocenters. The Balaban J connectivity index is 1.56. The van der Waals surface area contributed by atoms with Crippen LogP contribution in [-0.4, -0.2) is 16.3 Å². The molecule has 2 N–H and O–H groups in total. The normalized spacial score (nSPS) is 10.5. The Labute approximate surface area is 146 Å². The summed E-state index contributed by atoms with van der Waals surface area (Å²) in [6.07, 6.45) is 5.13. The Hall–Kier alpha value is -3.05. The second kappa shape index (κ2) is 7.99. The highest BCUT2D eigenvalue weighted by molar-refractivity contribution is 7.80. The van der Waals surface area contributed by atoms with Crippen molar-refractivity contribution in [2.45, 2.75) is 0 Å². The number of benzene rings is 2.